The normalized spacial score (nSPS) is 13.1. The number of nitrogens with zero attached hydrogens (tertiary/aromatic N) is 4. The molecule has 8 rings (SSSR count). The topological polar surface area (TPSA) is 46.7 Å². The Balaban J connectivity index is 0.00000312. The Morgan fingerprint density at radius 2 is 1.64 bits per heavy atom. The van der Waals surface area contributed by atoms with Crippen LogP contribution in [0.15, 0.2) is 102 Å². The number of furan rings is 1. The first kappa shape index (κ1) is 28.2. The summed E-state index contributed by atoms with van der Waals surface area (Å²) in [5.74, 6) is 2.00. The second-order valence-electron chi connectivity index (χ2n) is 12.0. The number of hydrogen-bond donors (Lipinski definition) is 0. The molecule has 0 bridgehead atoms. The van der Waals surface area contributed by atoms with Gasteiger partial charge < -0.3 is 23.5 Å². The Morgan fingerprint density at radius 3 is 2.48 bits per heavy atom. The summed E-state index contributed by atoms with van der Waals surface area (Å²) < 4.78 is 14.4. The average Bonchev–Trinajstić information content (AvgIpc) is 3.70. The quantitative estimate of drug-likeness (QED) is 0.168. The van der Waals surface area contributed by atoms with Crippen molar-refractivity contribution in [2.24, 2.45) is 0 Å². The van der Waals surface area contributed by atoms with Crippen molar-refractivity contribution in [3.63, 3.8) is 0 Å². The minimum Gasteiger partial charge on any atom is -0.509 e. The van der Waals surface area contributed by atoms with E-state index in [-0.39, 0.29) is 26.5 Å². The van der Waals surface area contributed by atoms with Gasteiger partial charge in [-0.1, -0.05) is 56.6 Å². The van der Waals surface area contributed by atoms with E-state index in [9.17, 15) is 0 Å². The first-order valence-corrected chi connectivity index (χ1v) is 14.3. The van der Waals surface area contributed by atoms with Gasteiger partial charge in [0.15, 0.2) is 0 Å². The Bertz CT molecular complexity index is 2170. The molecule has 4 heterocycles. The zero-order valence-electron chi connectivity index (χ0n) is 24.7. The van der Waals surface area contributed by atoms with Gasteiger partial charge in [-0.3, -0.25) is 0 Å². The van der Waals surface area contributed by atoms with Crippen molar-refractivity contribution in [1.82, 2.24) is 9.55 Å². The van der Waals surface area contributed by atoms with Gasteiger partial charge in [0.05, 0.1) is 6.26 Å². The summed E-state index contributed by atoms with van der Waals surface area (Å²) in [6.07, 6.45) is 3.53. The van der Waals surface area contributed by atoms with E-state index in [1.54, 1.807) is 6.26 Å². The summed E-state index contributed by atoms with van der Waals surface area (Å²) in [4.78, 5) is 9.07. The molecule has 0 saturated carbocycles. The molecule has 7 aromatic rings. The Morgan fingerprint density at radius 1 is 0.841 bits per heavy atom. The number of rotatable bonds is 4. The van der Waals surface area contributed by atoms with Crippen molar-refractivity contribution in [2.45, 2.75) is 26.2 Å². The van der Waals surface area contributed by atoms with Crippen molar-refractivity contribution >= 4 is 49.8 Å². The summed E-state index contributed by atoms with van der Waals surface area (Å²) in [7, 11) is 2.06. The fraction of sp³-hybridized carbons (Fsp3) is 0.135. The number of para-hydroxylation sites is 3. The minimum atomic E-state index is -0.0939. The van der Waals surface area contributed by atoms with E-state index in [4.69, 9.17) is 14.1 Å². The van der Waals surface area contributed by atoms with Gasteiger partial charge in [0.1, 0.15) is 11.4 Å². The fourth-order valence-corrected chi connectivity index (χ4v) is 5.86. The average molecular weight is 757 g/mol. The fourth-order valence-electron chi connectivity index (χ4n) is 5.86. The molecule has 1 aliphatic rings. The molecule has 0 amide bonds. The van der Waals surface area contributed by atoms with Crippen molar-refractivity contribution in [3.05, 3.63) is 122 Å². The minimum absolute atomic E-state index is 0. The molecule has 0 fully saturated rings. The molecular weight excluding hydrogens is 728 g/mol. The third kappa shape index (κ3) is 4.65. The van der Waals surface area contributed by atoms with Crippen LogP contribution >= 0.6 is 0 Å². The second kappa shape index (κ2) is 10.6. The van der Waals surface area contributed by atoms with Crippen molar-refractivity contribution in [1.29, 1.82) is 0 Å². The molecule has 4 aromatic carbocycles. The Hall–Kier alpha value is -4.54. The third-order valence-corrected chi connectivity index (χ3v) is 8.09. The third-order valence-electron chi connectivity index (χ3n) is 8.09. The van der Waals surface area contributed by atoms with Crippen LogP contribution in [0.5, 0.6) is 11.5 Å². The maximum Gasteiger partial charge on any atom is 0.139 e. The predicted molar refractivity (Wildman–Crippen MR) is 173 cm³/mol. The largest absolute Gasteiger partial charge is 0.509 e. The first-order valence-electron chi connectivity index (χ1n) is 14.3. The monoisotopic (exact) mass is 756 g/mol. The van der Waals surface area contributed by atoms with Crippen molar-refractivity contribution < 1.29 is 30.2 Å². The Labute approximate surface area is 270 Å². The molecule has 6 nitrogen and oxygen atoms in total. The zero-order chi connectivity index (χ0) is 29.3. The van der Waals surface area contributed by atoms with Gasteiger partial charge in [0, 0.05) is 67.1 Å². The van der Waals surface area contributed by atoms with Crippen LogP contribution in [-0.4, -0.2) is 16.6 Å². The predicted octanol–water partition coefficient (Wildman–Crippen LogP) is 9.32. The number of fused-ring (bicyclic) bond motifs is 5. The maximum atomic E-state index is 6.56. The van der Waals surface area contributed by atoms with Gasteiger partial charge >= 0.3 is 0 Å². The molecule has 0 radical (unpaired) electrons. The molecule has 0 spiro atoms. The van der Waals surface area contributed by atoms with Crippen LogP contribution in [0.4, 0.5) is 17.1 Å². The number of hydrogen-bond acceptors (Lipinski definition) is 5. The van der Waals surface area contributed by atoms with E-state index < -0.39 is 0 Å². The van der Waals surface area contributed by atoms with Gasteiger partial charge in [-0.15, -0.1) is 47.0 Å². The maximum absolute atomic E-state index is 6.56. The van der Waals surface area contributed by atoms with Gasteiger partial charge in [-0.2, -0.15) is 12.7 Å². The summed E-state index contributed by atoms with van der Waals surface area (Å²) in [5.41, 5.74) is 6.95. The van der Waals surface area contributed by atoms with E-state index in [0.29, 0.717) is 11.5 Å². The second-order valence-corrected chi connectivity index (χ2v) is 12.0. The first-order chi connectivity index (χ1) is 20.8. The van der Waals surface area contributed by atoms with Crippen LogP contribution in [0.2, 0.25) is 0 Å². The molecule has 0 saturated heterocycles. The standard InChI is InChI=1S/C37H29N4O2.Pt/c1-37(2,3)25-17-26(40-23-39(4)32-11-7-8-12-33(32)40)19-28(18-25)43-27-13-14-30-29-9-5-6-10-31(29)41(34(30)20-27)36-21-35-24(22-38-36)15-16-42-35;/h5-18,21-23H,1-4H3;/q-3;. The molecule has 44 heavy (non-hydrogen) atoms. The van der Waals surface area contributed by atoms with E-state index in [2.05, 4.69) is 122 Å². The van der Waals surface area contributed by atoms with Crippen LogP contribution in [-0.2, 0) is 26.5 Å². The molecule has 0 N–H and O–H groups in total. The number of pyridine rings is 1. The molecule has 0 aliphatic carbocycles. The van der Waals surface area contributed by atoms with Crippen molar-refractivity contribution in [2.75, 3.05) is 16.8 Å². The van der Waals surface area contributed by atoms with Crippen LogP contribution in [0.3, 0.4) is 0 Å². The summed E-state index contributed by atoms with van der Waals surface area (Å²) in [6.45, 7) is 8.72. The summed E-state index contributed by atoms with van der Waals surface area (Å²) in [5, 5.41) is 3.16. The molecule has 3 aromatic heterocycles. The number of benzene rings is 4. The van der Waals surface area contributed by atoms with E-state index in [0.717, 1.165) is 61.2 Å². The zero-order valence-corrected chi connectivity index (χ0v) is 27.0. The van der Waals surface area contributed by atoms with Crippen LogP contribution in [0.1, 0.15) is 26.3 Å². The van der Waals surface area contributed by atoms with Gasteiger partial charge in [-0.25, -0.2) is 4.98 Å². The molecule has 0 atom stereocenters. The van der Waals surface area contributed by atoms with Crippen molar-refractivity contribution in [3.8, 4) is 17.3 Å². The smallest absolute Gasteiger partial charge is 0.139 e. The van der Waals surface area contributed by atoms with E-state index >= 15 is 0 Å². The summed E-state index contributed by atoms with van der Waals surface area (Å²) >= 11 is 0. The van der Waals surface area contributed by atoms with Gasteiger partial charge in [0.25, 0.3) is 0 Å². The van der Waals surface area contributed by atoms with Crippen LogP contribution in [0, 0.1) is 18.8 Å². The molecule has 7 heteroatoms. The number of anilines is 3. The van der Waals surface area contributed by atoms with Gasteiger partial charge in [-0.05, 0) is 42.1 Å². The van der Waals surface area contributed by atoms with E-state index in [1.165, 1.54) is 0 Å². The molecule has 222 valence electrons. The van der Waals surface area contributed by atoms with Gasteiger partial charge in [0.2, 0.25) is 0 Å². The molecule has 1 aliphatic heterocycles. The number of aromatic nitrogens is 2. The molecular formula is C37H29N4O2Pt-3. The molecule has 0 unspecified atom stereocenters. The number of ether oxygens (including phenoxy) is 1. The van der Waals surface area contributed by atoms with E-state index in [1.807, 2.05) is 30.5 Å². The Kier molecular flexibility index (Phi) is 6.78. The SMILES string of the molecule is CN1[CH-]N(c2[c-]c(Oc3[c-]c4c(cc3)c3ccccc3n4-c3cc4occc4cn3)cc(C(C)(C)C)c2)c2ccccc21.[Pt]. The van der Waals surface area contributed by atoms with Crippen LogP contribution < -0.4 is 14.5 Å². The van der Waals surface area contributed by atoms with Crippen LogP contribution in [0.25, 0.3) is 38.6 Å². The summed E-state index contributed by atoms with van der Waals surface area (Å²) in [6, 6.07) is 36.0.